The molecule has 0 fully saturated rings. The van der Waals surface area contributed by atoms with Gasteiger partial charge in [0.15, 0.2) is 11.6 Å². The molecule has 5 aromatic heterocycles. The molecule has 0 bridgehead atoms. The van der Waals surface area contributed by atoms with Gasteiger partial charge in [0.25, 0.3) is 11.1 Å². The molecule has 0 saturated heterocycles. The number of halogens is 1. The Kier molecular flexibility index (Phi) is 11.5. The van der Waals surface area contributed by atoms with E-state index in [0.717, 1.165) is 11.1 Å². The standard InChI is InChI=1S/C19H17FN4O2.C19H19N5O2/c1-3-24-19(26)18(22-15-8-5-9-21-11-15)16(12(2)25)17(23-24)13-6-4-7-14(20)10-13;1-4-24-19(26)18(22-15-11-21-8-5-12(15)2)16(13(3)25)17(23-24)14-6-9-20-10-7-14/h4-11,22H,3H2,1-2H3;5-11,22H,4H2,1-3H3. The fourth-order valence-electron chi connectivity index (χ4n) is 5.35. The highest BCUT2D eigenvalue weighted by Gasteiger charge is 2.24. The number of aromatic nitrogens is 7. The van der Waals surface area contributed by atoms with E-state index >= 15 is 0 Å². The van der Waals surface area contributed by atoms with Crippen molar-refractivity contribution in [1.82, 2.24) is 34.5 Å². The molecule has 0 atom stereocenters. The Bertz CT molecular complexity index is 2360. The molecular weight excluding hydrogens is 665 g/mol. The number of nitrogens with one attached hydrogen (secondary N) is 2. The topological polar surface area (TPSA) is 167 Å². The molecule has 0 unspecified atom stereocenters. The molecule has 6 rings (SSSR count). The zero-order valence-electron chi connectivity index (χ0n) is 29.2. The highest BCUT2D eigenvalue weighted by atomic mass is 19.1. The predicted octanol–water partition coefficient (Wildman–Crippen LogP) is 6.39. The molecule has 5 heterocycles. The van der Waals surface area contributed by atoms with E-state index in [4.69, 9.17) is 0 Å². The van der Waals surface area contributed by atoms with Crippen molar-refractivity contribution in [3.63, 3.8) is 0 Å². The van der Waals surface area contributed by atoms with Crippen molar-refractivity contribution in [3.05, 3.63) is 135 Å². The Morgan fingerprint density at radius 1 is 0.692 bits per heavy atom. The van der Waals surface area contributed by atoms with Gasteiger partial charge in [0.1, 0.15) is 28.6 Å². The van der Waals surface area contributed by atoms with Gasteiger partial charge in [-0.25, -0.2) is 13.8 Å². The van der Waals surface area contributed by atoms with E-state index < -0.39 is 11.4 Å². The highest BCUT2D eigenvalue weighted by Crippen LogP contribution is 2.29. The largest absolute Gasteiger partial charge is 0.349 e. The average Bonchev–Trinajstić information content (AvgIpc) is 3.14. The molecular formula is C38H36FN9O4. The Morgan fingerprint density at radius 2 is 1.27 bits per heavy atom. The minimum atomic E-state index is -0.449. The molecule has 0 radical (unpaired) electrons. The van der Waals surface area contributed by atoms with Crippen LogP contribution < -0.4 is 21.8 Å². The number of Topliss-reactive ketones (excluding diaryl/α,β-unsaturated/α-hetero) is 2. The molecule has 13 nitrogen and oxygen atoms in total. The molecule has 1 aromatic carbocycles. The summed E-state index contributed by atoms with van der Waals surface area (Å²) >= 11 is 0. The predicted molar refractivity (Wildman–Crippen MR) is 197 cm³/mol. The summed E-state index contributed by atoms with van der Waals surface area (Å²) in [5.41, 5.74) is 3.90. The molecule has 52 heavy (non-hydrogen) atoms. The Labute approximate surface area is 298 Å². The van der Waals surface area contributed by atoms with Crippen LogP contribution in [-0.4, -0.2) is 46.1 Å². The molecule has 0 spiro atoms. The van der Waals surface area contributed by atoms with Gasteiger partial charge in [0.2, 0.25) is 0 Å². The van der Waals surface area contributed by atoms with Crippen LogP contribution in [0.4, 0.5) is 27.1 Å². The molecule has 6 aromatic rings. The fraction of sp³-hybridized carbons (Fsp3) is 0.184. The number of carbonyl (C=O) groups excluding carboxylic acids is 2. The van der Waals surface area contributed by atoms with Crippen molar-refractivity contribution in [1.29, 1.82) is 0 Å². The van der Waals surface area contributed by atoms with E-state index in [2.05, 4.69) is 35.8 Å². The van der Waals surface area contributed by atoms with Gasteiger partial charge in [-0.05, 0) is 82.6 Å². The number of hydrogen-bond acceptors (Lipinski definition) is 11. The van der Waals surface area contributed by atoms with Crippen LogP contribution in [0.15, 0.2) is 101 Å². The third-order valence-electron chi connectivity index (χ3n) is 7.90. The molecule has 2 N–H and O–H groups in total. The first-order valence-corrected chi connectivity index (χ1v) is 16.4. The van der Waals surface area contributed by atoms with Crippen molar-refractivity contribution in [2.24, 2.45) is 0 Å². The van der Waals surface area contributed by atoms with Gasteiger partial charge in [0, 0.05) is 49.0 Å². The Hall–Kier alpha value is -6.70. The molecule has 14 heteroatoms. The summed E-state index contributed by atoms with van der Waals surface area (Å²) in [4.78, 5) is 62.5. The van der Waals surface area contributed by atoms with Crippen LogP contribution in [0.5, 0.6) is 0 Å². The van der Waals surface area contributed by atoms with Crippen LogP contribution in [0.25, 0.3) is 22.5 Å². The lowest BCUT2D eigenvalue weighted by atomic mass is 10.0. The van der Waals surface area contributed by atoms with Crippen molar-refractivity contribution in [2.75, 3.05) is 10.6 Å². The number of aryl methyl sites for hydroxylation is 3. The number of benzene rings is 1. The van der Waals surface area contributed by atoms with E-state index in [1.807, 2.05) is 19.9 Å². The lowest BCUT2D eigenvalue weighted by molar-refractivity contribution is 0.101. The summed E-state index contributed by atoms with van der Waals surface area (Å²) in [6.45, 7) is 8.97. The van der Waals surface area contributed by atoms with Crippen molar-refractivity contribution < 1.29 is 14.0 Å². The third-order valence-corrected chi connectivity index (χ3v) is 7.90. The second-order valence-corrected chi connectivity index (χ2v) is 11.5. The lowest BCUT2D eigenvalue weighted by Gasteiger charge is -2.16. The molecule has 0 aliphatic heterocycles. The van der Waals surface area contributed by atoms with E-state index in [-0.39, 0.29) is 45.3 Å². The van der Waals surface area contributed by atoms with Crippen molar-refractivity contribution >= 4 is 34.3 Å². The first-order chi connectivity index (χ1) is 25.0. The van der Waals surface area contributed by atoms with Gasteiger partial charge >= 0.3 is 0 Å². The van der Waals surface area contributed by atoms with E-state index in [0.29, 0.717) is 35.7 Å². The average molecular weight is 702 g/mol. The van der Waals surface area contributed by atoms with Crippen LogP contribution >= 0.6 is 0 Å². The number of nitrogens with zero attached hydrogens (tertiary/aromatic N) is 7. The smallest absolute Gasteiger partial charge is 0.291 e. The molecule has 264 valence electrons. The summed E-state index contributed by atoms with van der Waals surface area (Å²) < 4.78 is 16.3. The fourth-order valence-corrected chi connectivity index (χ4v) is 5.35. The number of hydrogen-bond donors (Lipinski definition) is 2. The molecule has 0 aliphatic rings. The zero-order chi connectivity index (χ0) is 37.4. The van der Waals surface area contributed by atoms with Crippen LogP contribution in [-0.2, 0) is 13.1 Å². The van der Waals surface area contributed by atoms with Crippen LogP contribution in [0, 0.1) is 12.7 Å². The summed E-state index contributed by atoms with van der Waals surface area (Å²) in [7, 11) is 0. The Morgan fingerprint density at radius 3 is 1.81 bits per heavy atom. The second kappa shape index (κ2) is 16.3. The Balaban J connectivity index is 0.000000201. The van der Waals surface area contributed by atoms with Gasteiger partial charge < -0.3 is 10.6 Å². The van der Waals surface area contributed by atoms with Crippen LogP contribution in [0.1, 0.15) is 54.0 Å². The van der Waals surface area contributed by atoms with E-state index in [1.165, 1.54) is 41.4 Å². The number of carbonyl (C=O) groups is 2. The van der Waals surface area contributed by atoms with E-state index in [1.54, 1.807) is 74.4 Å². The molecule has 0 amide bonds. The van der Waals surface area contributed by atoms with Crippen LogP contribution in [0.3, 0.4) is 0 Å². The van der Waals surface area contributed by atoms with Gasteiger partial charge in [-0.2, -0.15) is 10.2 Å². The number of pyridine rings is 3. The summed E-state index contributed by atoms with van der Waals surface area (Å²) in [6, 6.07) is 14.6. The maximum absolute atomic E-state index is 13.7. The second-order valence-electron chi connectivity index (χ2n) is 11.5. The van der Waals surface area contributed by atoms with Gasteiger partial charge in [0.05, 0.1) is 34.9 Å². The quantitative estimate of drug-likeness (QED) is 0.152. The minimum absolute atomic E-state index is 0.0987. The zero-order valence-corrected chi connectivity index (χ0v) is 29.2. The van der Waals surface area contributed by atoms with Crippen LogP contribution in [0.2, 0.25) is 0 Å². The van der Waals surface area contributed by atoms with E-state index in [9.17, 15) is 23.6 Å². The minimum Gasteiger partial charge on any atom is -0.349 e. The maximum atomic E-state index is 13.7. The van der Waals surface area contributed by atoms with Gasteiger partial charge in [-0.1, -0.05) is 12.1 Å². The molecule has 0 aliphatic carbocycles. The normalized spacial score (nSPS) is 10.6. The maximum Gasteiger partial charge on any atom is 0.291 e. The summed E-state index contributed by atoms with van der Waals surface area (Å²) in [5.74, 6) is -1.04. The number of rotatable bonds is 10. The number of ketones is 2. The lowest BCUT2D eigenvalue weighted by Crippen LogP contribution is -2.28. The van der Waals surface area contributed by atoms with Crippen molar-refractivity contribution in [3.8, 4) is 22.5 Å². The summed E-state index contributed by atoms with van der Waals surface area (Å²) in [5, 5.41) is 14.8. The first-order valence-electron chi connectivity index (χ1n) is 16.4. The SMILES string of the molecule is CCn1nc(-c2cccc(F)c2)c(C(C)=O)c(Nc2cccnc2)c1=O.CCn1nc(-c2ccncc2)c(C(C)=O)c(Nc2cnccc2C)c1=O. The first kappa shape index (κ1) is 36.6. The summed E-state index contributed by atoms with van der Waals surface area (Å²) in [6.07, 6.45) is 9.70. The number of anilines is 4. The highest BCUT2D eigenvalue weighted by molar-refractivity contribution is 6.06. The van der Waals surface area contributed by atoms with Gasteiger partial charge in [-0.3, -0.25) is 34.1 Å². The monoisotopic (exact) mass is 701 g/mol. The van der Waals surface area contributed by atoms with Gasteiger partial charge in [-0.15, -0.1) is 0 Å². The van der Waals surface area contributed by atoms with Crippen molar-refractivity contribution in [2.45, 2.75) is 47.7 Å². The third kappa shape index (κ3) is 8.02. The molecule has 0 saturated carbocycles.